The van der Waals surface area contributed by atoms with Crippen LogP contribution in [-0.4, -0.2) is 26.0 Å². The van der Waals surface area contributed by atoms with Crippen molar-refractivity contribution in [2.75, 3.05) is 19.8 Å². The standard InChI is InChI=1S/C20H28Cl3NO3/c1-15-12-16(25-11-8-18(22)23)13-17(21)19(15)26-9-6-5-7-10-27-24-14-20(2,3)4/h8,12-14H,5-7,9-11H2,1-4H3/b24-14+. The molecule has 27 heavy (non-hydrogen) atoms. The largest absolute Gasteiger partial charge is 0.492 e. The number of halogens is 3. The average Bonchev–Trinajstić information content (AvgIpc) is 2.54. The molecule has 0 fully saturated rings. The fraction of sp³-hybridized carbons (Fsp3) is 0.550. The van der Waals surface area contributed by atoms with E-state index < -0.39 is 0 Å². The third-order valence-electron chi connectivity index (χ3n) is 3.33. The van der Waals surface area contributed by atoms with E-state index in [1.165, 1.54) is 0 Å². The lowest BCUT2D eigenvalue weighted by atomic mass is 10.00. The van der Waals surface area contributed by atoms with Crippen LogP contribution in [0.1, 0.15) is 45.6 Å². The summed E-state index contributed by atoms with van der Waals surface area (Å²) in [5, 5.41) is 4.49. The Kier molecular flexibility index (Phi) is 11.0. The van der Waals surface area contributed by atoms with Gasteiger partial charge in [-0.1, -0.05) is 60.7 Å². The summed E-state index contributed by atoms with van der Waals surface area (Å²) in [6, 6.07) is 3.60. The second-order valence-corrected chi connectivity index (χ2v) is 8.61. The van der Waals surface area contributed by atoms with Crippen LogP contribution in [0.3, 0.4) is 0 Å². The highest BCUT2D eigenvalue weighted by molar-refractivity contribution is 6.55. The van der Waals surface area contributed by atoms with Gasteiger partial charge in [0.2, 0.25) is 0 Å². The fourth-order valence-corrected chi connectivity index (χ4v) is 2.47. The van der Waals surface area contributed by atoms with Gasteiger partial charge in [-0.2, -0.15) is 0 Å². The molecule has 0 aliphatic rings. The molecule has 0 N–H and O–H groups in total. The van der Waals surface area contributed by atoms with Crippen LogP contribution in [0, 0.1) is 12.3 Å². The Bertz CT molecular complexity index is 613. The zero-order valence-electron chi connectivity index (χ0n) is 16.4. The molecule has 1 aromatic carbocycles. The maximum Gasteiger partial charge on any atom is 0.141 e. The fourth-order valence-electron chi connectivity index (χ4n) is 2.03. The summed E-state index contributed by atoms with van der Waals surface area (Å²) in [5.41, 5.74) is 0.956. The van der Waals surface area contributed by atoms with Crippen LogP contribution in [0.4, 0.5) is 0 Å². The van der Waals surface area contributed by atoms with Crippen molar-refractivity contribution in [1.29, 1.82) is 0 Å². The second kappa shape index (κ2) is 12.4. The van der Waals surface area contributed by atoms with Gasteiger partial charge >= 0.3 is 0 Å². The van der Waals surface area contributed by atoms with Crippen molar-refractivity contribution in [3.05, 3.63) is 33.3 Å². The highest BCUT2D eigenvalue weighted by Gasteiger charge is 2.09. The summed E-state index contributed by atoms with van der Waals surface area (Å²) < 4.78 is 11.5. The molecule has 7 heteroatoms. The van der Waals surface area contributed by atoms with Crippen molar-refractivity contribution in [3.8, 4) is 11.5 Å². The number of aryl methyl sites for hydroxylation is 1. The Morgan fingerprint density at radius 3 is 2.41 bits per heavy atom. The van der Waals surface area contributed by atoms with Crippen LogP contribution in [-0.2, 0) is 4.84 Å². The molecule has 4 nitrogen and oxygen atoms in total. The van der Waals surface area contributed by atoms with Crippen molar-refractivity contribution >= 4 is 41.0 Å². The number of benzene rings is 1. The molecule has 152 valence electrons. The van der Waals surface area contributed by atoms with E-state index in [4.69, 9.17) is 49.1 Å². The molecule has 0 aliphatic heterocycles. The summed E-state index contributed by atoms with van der Waals surface area (Å²) in [7, 11) is 0. The van der Waals surface area contributed by atoms with Gasteiger partial charge in [0, 0.05) is 17.7 Å². The molecule has 0 radical (unpaired) electrons. The third kappa shape index (κ3) is 11.4. The van der Waals surface area contributed by atoms with Gasteiger partial charge in [-0.3, -0.25) is 0 Å². The van der Waals surface area contributed by atoms with E-state index in [0.29, 0.717) is 29.7 Å². The van der Waals surface area contributed by atoms with E-state index in [1.807, 2.05) is 19.2 Å². The van der Waals surface area contributed by atoms with E-state index in [0.717, 1.165) is 24.8 Å². The molecule has 0 heterocycles. The minimum absolute atomic E-state index is 0.0411. The number of rotatable bonds is 11. The number of nitrogens with zero attached hydrogens (tertiary/aromatic N) is 1. The minimum atomic E-state index is 0.0411. The molecule has 0 atom stereocenters. The second-order valence-electron chi connectivity index (χ2n) is 7.20. The number of oxime groups is 1. The van der Waals surface area contributed by atoms with Crippen LogP contribution in [0.5, 0.6) is 11.5 Å². The predicted molar refractivity (Wildman–Crippen MR) is 115 cm³/mol. The van der Waals surface area contributed by atoms with E-state index in [2.05, 4.69) is 25.9 Å². The Morgan fingerprint density at radius 1 is 1.07 bits per heavy atom. The number of hydrogen-bond donors (Lipinski definition) is 0. The first-order valence-corrected chi connectivity index (χ1v) is 10.1. The van der Waals surface area contributed by atoms with Gasteiger partial charge in [-0.05, 0) is 43.9 Å². The normalized spacial score (nSPS) is 11.5. The topological polar surface area (TPSA) is 40.0 Å². The first-order chi connectivity index (χ1) is 12.7. The lowest BCUT2D eigenvalue weighted by Crippen LogP contribution is -2.06. The lowest BCUT2D eigenvalue weighted by molar-refractivity contribution is 0.137. The summed E-state index contributed by atoms with van der Waals surface area (Å²) in [6.45, 7) is 9.65. The monoisotopic (exact) mass is 435 g/mol. The number of unbranched alkanes of at least 4 members (excludes halogenated alkanes) is 2. The first-order valence-electron chi connectivity index (χ1n) is 8.92. The first kappa shape index (κ1) is 23.9. The summed E-state index contributed by atoms with van der Waals surface area (Å²) >= 11 is 17.4. The van der Waals surface area contributed by atoms with E-state index >= 15 is 0 Å². The van der Waals surface area contributed by atoms with Gasteiger partial charge in [0.05, 0.1) is 11.6 Å². The molecule has 0 saturated heterocycles. The highest BCUT2D eigenvalue weighted by atomic mass is 35.5. The quantitative estimate of drug-likeness (QED) is 0.214. The smallest absolute Gasteiger partial charge is 0.141 e. The molecule has 0 aliphatic carbocycles. The molecule has 0 aromatic heterocycles. The minimum Gasteiger partial charge on any atom is -0.492 e. The zero-order chi connectivity index (χ0) is 20.3. The van der Waals surface area contributed by atoms with Gasteiger partial charge in [-0.15, -0.1) is 0 Å². The highest BCUT2D eigenvalue weighted by Crippen LogP contribution is 2.33. The lowest BCUT2D eigenvalue weighted by Gasteiger charge is -2.13. The van der Waals surface area contributed by atoms with Crippen LogP contribution in [0.25, 0.3) is 0 Å². The van der Waals surface area contributed by atoms with Gasteiger partial charge in [0.1, 0.15) is 29.2 Å². The van der Waals surface area contributed by atoms with Gasteiger partial charge < -0.3 is 14.3 Å². The molecule has 0 saturated carbocycles. The maximum absolute atomic E-state index is 6.30. The summed E-state index contributed by atoms with van der Waals surface area (Å²) in [6.07, 6.45) is 6.22. The Hall–Kier alpha value is -1.10. The summed E-state index contributed by atoms with van der Waals surface area (Å²) in [5.74, 6) is 1.32. The van der Waals surface area contributed by atoms with Crippen molar-refractivity contribution in [1.82, 2.24) is 0 Å². The molecule has 1 aromatic rings. The van der Waals surface area contributed by atoms with Gasteiger partial charge in [0.15, 0.2) is 0 Å². The van der Waals surface area contributed by atoms with E-state index in [1.54, 1.807) is 12.1 Å². The molecule has 0 spiro atoms. The SMILES string of the molecule is Cc1cc(OCC=C(Cl)Cl)cc(Cl)c1OCCCCCO/N=C/C(C)(C)C. The molecule has 0 amide bonds. The van der Waals surface area contributed by atoms with Crippen LogP contribution < -0.4 is 9.47 Å². The van der Waals surface area contributed by atoms with Crippen molar-refractivity contribution in [2.24, 2.45) is 10.6 Å². The molecule has 0 unspecified atom stereocenters. The van der Waals surface area contributed by atoms with Crippen molar-refractivity contribution < 1.29 is 14.3 Å². The van der Waals surface area contributed by atoms with Gasteiger partial charge in [-0.25, -0.2) is 0 Å². The Morgan fingerprint density at radius 2 is 1.78 bits per heavy atom. The Labute approximate surface area is 177 Å². The molecule has 0 bridgehead atoms. The van der Waals surface area contributed by atoms with Gasteiger partial charge in [0.25, 0.3) is 0 Å². The van der Waals surface area contributed by atoms with Crippen molar-refractivity contribution in [2.45, 2.75) is 47.0 Å². The zero-order valence-corrected chi connectivity index (χ0v) is 18.6. The van der Waals surface area contributed by atoms with E-state index in [-0.39, 0.29) is 16.5 Å². The predicted octanol–water partition coefficient (Wildman–Crippen LogP) is 6.94. The van der Waals surface area contributed by atoms with Crippen LogP contribution in [0.2, 0.25) is 5.02 Å². The number of hydrogen-bond acceptors (Lipinski definition) is 4. The Balaban J connectivity index is 2.30. The maximum atomic E-state index is 6.30. The molecular weight excluding hydrogens is 409 g/mol. The summed E-state index contributed by atoms with van der Waals surface area (Å²) in [4.78, 5) is 5.25. The van der Waals surface area contributed by atoms with Crippen LogP contribution >= 0.6 is 34.8 Å². The number of ether oxygens (including phenoxy) is 2. The van der Waals surface area contributed by atoms with E-state index in [9.17, 15) is 0 Å². The molecule has 1 rings (SSSR count). The third-order valence-corrected chi connectivity index (χ3v) is 3.92. The van der Waals surface area contributed by atoms with Crippen molar-refractivity contribution in [3.63, 3.8) is 0 Å². The molecular formula is C20H28Cl3NO3. The average molecular weight is 437 g/mol. The van der Waals surface area contributed by atoms with Crippen LogP contribution in [0.15, 0.2) is 27.9 Å².